The number of anilines is 10. The molecule has 2 aromatic heterocycles. The van der Waals surface area contributed by atoms with Gasteiger partial charge in [0.25, 0.3) is 0 Å². The Hall–Kier alpha value is -14.8. The number of halogens is 4. The SMILES string of the molecule is CC(=O)NCCC(=O)N1CC(=O)Nc2ccccc21.Cc1cc2c(cc1F)[nH]c(=O)c(=O)n2CCCO.Cc1ccc2[nH]c(=O)c(=O)n(CCCO)c2c1.N#CCC(=O)N1CC(=O)Nc2ccccc21.O=C1CN(C(=O)CC(F)(F)F)c2ccccc2N1.O=C1CN(C(=O)CCCO)c2ccccc2N1.[C-]#[N+]CCC(=O)N1CC(=O)Nc2ccccc21. The van der Waals surface area contributed by atoms with Gasteiger partial charge in [0, 0.05) is 59.2 Å². The number of nitrogens with zero attached hydrogens (tertiary/aromatic N) is 9. The summed E-state index contributed by atoms with van der Waals surface area (Å²) in [4.78, 5) is 188. The number of aromatic amines is 2. The molecule has 14 rings (SSSR count). The number of aliphatic hydroxyl groups is 3. The predicted molar refractivity (Wildman–Crippen MR) is 444 cm³/mol. The van der Waals surface area contributed by atoms with Crippen LogP contribution in [0.1, 0.15) is 69.4 Å². The van der Waals surface area contributed by atoms with Crippen LogP contribution in [0.3, 0.4) is 0 Å². The van der Waals surface area contributed by atoms with Crippen LogP contribution < -0.4 is 78.6 Å². The number of amides is 11. The van der Waals surface area contributed by atoms with Crippen molar-refractivity contribution in [3.05, 3.63) is 221 Å². The number of carbonyl (C=O) groups excluding carboxylic acids is 11. The van der Waals surface area contributed by atoms with Crippen molar-refractivity contribution in [2.45, 2.75) is 91.4 Å². The topological polar surface area (TPSA) is 475 Å². The van der Waals surface area contributed by atoms with E-state index in [1.54, 1.807) is 110 Å². The van der Waals surface area contributed by atoms with Crippen LogP contribution in [0.4, 0.5) is 74.4 Å². The van der Waals surface area contributed by atoms with Crippen molar-refractivity contribution in [1.82, 2.24) is 24.4 Å². The molecule has 0 bridgehead atoms. The van der Waals surface area contributed by atoms with Crippen molar-refractivity contribution in [2.24, 2.45) is 0 Å². The Balaban J connectivity index is 0.000000177. The van der Waals surface area contributed by atoms with Crippen molar-refractivity contribution in [1.29, 1.82) is 5.26 Å². The van der Waals surface area contributed by atoms with Crippen LogP contribution in [-0.2, 0) is 65.8 Å². The number of aliphatic hydroxyl groups excluding tert-OH is 3. The molecular formula is C83H85F4N17O18. The van der Waals surface area contributed by atoms with E-state index in [1.165, 1.54) is 59.9 Å². The molecular weight excluding hydrogens is 1600 g/mol. The number of para-hydroxylation sites is 10. The summed E-state index contributed by atoms with van der Waals surface area (Å²) >= 11 is 0. The van der Waals surface area contributed by atoms with Gasteiger partial charge in [-0.25, -0.2) is 11.0 Å². The van der Waals surface area contributed by atoms with Crippen molar-refractivity contribution in [3.63, 3.8) is 0 Å². The molecule has 9 aromatic rings. The summed E-state index contributed by atoms with van der Waals surface area (Å²) in [6, 6.07) is 44.7. The lowest BCUT2D eigenvalue weighted by Gasteiger charge is -2.29. The molecule has 39 heteroatoms. The van der Waals surface area contributed by atoms with Crippen molar-refractivity contribution in [2.75, 3.05) is 117 Å². The zero-order chi connectivity index (χ0) is 88.9. The average molecular weight is 1680 g/mol. The zero-order valence-electron chi connectivity index (χ0n) is 66.1. The molecule has 5 aliphatic heterocycles. The van der Waals surface area contributed by atoms with Gasteiger partial charge in [0.1, 0.15) is 51.4 Å². The first-order chi connectivity index (χ1) is 58.3. The van der Waals surface area contributed by atoms with Crippen molar-refractivity contribution in [3.8, 4) is 6.07 Å². The number of fused-ring (bicyclic) bond motifs is 7. The monoisotopic (exact) mass is 1680 g/mol. The molecule has 35 nitrogen and oxygen atoms in total. The minimum Gasteiger partial charge on any atom is -0.396 e. The highest BCUT2D eigenvalue weighted by atomic mass is 19.4. The second-order valence-corrected chi connectivity index (χ2v) is 27.2. The molecule has 11 amide bonds. The minimum atomic E-state index is -4.58. The van der Waals surface area contributed by atoms with Gasteiger partial charge in [-0.1, -0.05) is 66.7 Å². The number of hydrogen-bond donors (Lipinski definition) is 11. The first-order valence-electron chi connectivity index (χ1n) is 37.7. The van der Waals surface area contributed by atoms with E-state index in [0.29, 0.717) is 93.4 Å². The number of benzene rings is 7. The van der Waals surface area contributed by atoms with Gasteiger partial charge in [-0.2, -0.15) is 18.4 Å². The third-order valence-electron chi connectivity index (χ3n) is 18.1. The fraction of sp³-hybridized carbons (Fsp3) is 0.289. The Kier molecular flexibility index (Phi) is 33.5. The van der Waals surface area contributed by atoms with Crippen molar-refractivity contribution < 1.29 is 85.6 Å². The highest BCUT2D eigenvalue weighted by Crippen LogP contribution is 2.35. The first-order valence-corrected chi connectivity index (χ1v) is 37.7. The quantitative estimate of drug-likeness (QED) is 0.0290. The molecule has 0 atom stereocenters. The Morgan fingerprint density at radius 3 is 1.20 bits per heavy atom. The molecule has 0 saturated carbocycles. The molecule has 0 radical (unpaired) electrons. The van der Waals surface area contributed by atoms with E-state index in [1.807, 2.05) is 37.3 Å². The van der Waals surface area contributed by atoms with Gasteiger partial charge >= 0.3 is 28.4 Å². The van der Waals surface area contributed by atoms with E-state index in [-0.39, 0.29) is 156 Å². The molecule has 0 aliphatic carbocycles. The standard InChI is InChI=1S/C13H15N3O3.C12H13FN2O3.C12H11N3O2.2C12H14N2O3.C11H9F3N2O2.C11H9N3O2/c1-9(17)14-7-6-13(19)16-8-12(18)15-10-4-2-3-5-11(10)16;1-7-5-10-9(6-8(7)13)14-11(17)12(18)15(10)3-2-4-16;1-13-7-6-12(17)15-8-11(16)14-9-4-2-3-5-10(9)15;1-8-3-4-9-10(7-8)14(5-2-6-15)12(17)11(16)13-9;15-7-3-6-12(17)14-8-11(16)13-9-4-1-2-5-10(9)14;12-11(13,14)5-10(18)16-6-9(17)15-7-3-1-2-4-8(7)16;12-6-5-11(16)14-7-10(15)13-8-3-1-2-4-9(8)14/h2-5H,6-8H2,1H3,(H,14,17)(H,15,18);5-6,16H,2-4H2,1H3,(H,14,17);2-5H,6-8H2,(H,14,16);3-4,7,15H,2,5-6H2,1H3,(H,13,16);1-2,4-5,15H,3,6-8H2,(H,13,16);1-4H,5-6H2,(H,15,17);1-4H,5,7H2,(H,13,15). The average Bonchev–Trinajstić information content (AvgIpc) is 0.781. The zero-order valence-corrected chi connectivity index (χ0v) is 66.1. The van der Waals surface area contributed by atoms with E-state index in [0.717, 1.165) is 16.2 Å². The summed E-state index contributed by atoms with van der Waals surface area (Å²) in [5, 5.41) is 50.7. The highest BCUT2D eigenvalue weighted by molar-refractivity contribution is 6.14. The van der Waals surface area contributed by atoms with Crippen LogP contribution in [0.15, 0.2) is 171 Å². The van der Waals surface area contributed by atoms with E-state index in [4.69, 9.17) is 27.2 Å². The Labute approximate surface area is 692 Å². The Bertz CT molecular complexity index is 5780. The molecule has 0 saturated heterocycles. The number of carbonyl (C=O) groups is 11. The van der Waals surface area contributed by atoms with Gasteiger partial charge in [-0.15, -0.1) is 0 Å². The van der Waals surface area contributed by atoms with Crippen LogP contribution in [0, 0.1) is 37.6 Å². The highest BCUT2D eigenvalue weighted by Gasteiger charge is 2.37. The van der Waals surface area contributed by atoms with Crippen LogP contribution in [0.5, 0.6) is 0 Å². The fourth-order valence-corrected chi connectivity index (χ4v) is 12.5. The summed E-state index contributed by atoms with van der Waals surface area (Å²) in [5.74, 6) is -3.99. The molecule has 638 valence electrons. The van der Waals surface area contributed by atoms with Gasteiger partial charge in [-0.05, 0) is 129 Å². The van der Waals surface area contributed by atoms with E-state index in [9.17, 15) is 89.5 Å². The number of alkyl halides is 3. The Morgan fingerprint density at radius 1 is 0.475 bits per heavy atom. The van der Waals surface area contributed by atoms with Crippen molar-refractivity contribution >= 4 is 144 Å². The number of hydrogen-bond acceptors (Lipinski definition) is 19. The third kappa shape index (κ3) is 25.6. The minimum absolute atomic E-state index is 0.00739. The molecule has 0 unspecified atom stereocenters. The Morgan fingerprint density at radius 2 is 0.828 bits per heavy atom. The number of nitrogens with one attached hydrogen (secondary N) is 8. The summed E-state index contributed by atoms with van der Waals surface area (Å²) in [6.07, 6.45) is -4.60. The lowest BCUT2D eigenvalue weighted by molar-refractivity contribution is -0.152. The summed E-state index contributed by atoms with van der Waals surface area (Å²) in [5.41, 5.74) is 6.70. The molecule has 7 aromatic carbocycles. The summed E-state index contributed by atoms with van der Waals surface area (Å²) in [7, 11) is 0. The molecule has 0 spiro atoms. The molecule has 7 heterocycles. The molecule has 5 aliphatic rings. The summed E-state index contributed by atoms with van der Waals surface area (Å²) in [6.45, 7) is 12.1. The lowest BCUT2D eigenvalue weighted by Crippen LogP contribution is -2.43. The largest absolute Gasteiger partial charge is 0.397 e. The van der Waals surface area contributed by atoms with E-state index < -0.39 is 59.0 Å². The third-order valence-corrected chi connectivity index (χ3v) is 18.1. The second kappa shape index (κ2) is 44.1. The van der Waals surface area contributed by atoms with Gasteiger partial charge in [0.2, 0.25) is 71.5 Å². The summed E-state index contributed by atoms with van der Waals surface area (Å²) < 4.78 is 52.6. The number of aryl methyl sites for hydroxylation is 4. The van der Waals surface area contributed by atoms with Crippen LogP contribution in [0.2, 0.25) is 0 Å². The predicted octanol–water partition coefficient (Wildman–Crippen LogP) is 6.23. The van der Waals surface area contributed by atoms with Gasteiger partial charge in [0.05, 0.1) is 91.4 Å². The maximum absolute atomic E-state index is 13.4. The van der Waals surface area contributed by atoms with Crippen LogP contribution in [0.25, 0.3) is 26.9 Å². The number of aromatic nitrogens is 4. The second-order valence-electron chi connectivity index (χ2n) is 27.2. The van der Waals surface area contributed by atoms with Gasteiger partial charge in [0.15, 0.2) is 0 Å². The van der Waals surface area contributed by atoms with E-state index >= 15 is 0 Å². The number of H-pyrrole nitrogens is 2. The van der Waals surface area contributed by atoms with Gasteiger partial charge < -0.3 is 95.7 Å². The molecule has 11 N–H and O–H groups in total. The van der Waals surface area contributed by atoms with Crippen LogP contribution in [-0.4, -0.2) is 171 Å². The number of rotatable bonds is 16. The normalized spacial score (nSPS) is 13.1. The van der Waals surface area contributed by atoms with E-state index in [2.05, 4.69) is 46.7 Å². The molecule has 122 heavy (non-hydrogen) atoms. The number of nitriles is 1. The maximum atomic E-state index is 13.4. The lowest BCUT2D eigenvalue weighted by atomic mass is 10.1. The fourth-order valence-electron chi connectivity index (χ4n) is 12.5. The maximum Gasteiger partial charge on any atom is 0.397 e. The van der Waals surface area contributed by atoms with Gasteiger partial charge in [-0.3, -0.25) is 71.9 Å². The first kappa shape index (κ1) is 92.7. The molecule has 0 fully saturated rings. The smallest absolute Gasteiger partial charge is 0.396 e. The van der Waals surface area contributed by atoms with Crippen LogP contribution >= 0.6 is 0 Å².